The fourth-order valence-electron chi connectivity index (χ4n) is 0.738. The summed E-state index contributed by atoms with van der Waals surface area (Å²) in [6, 6.07) is 4.50. The van der Waals surface area contributed by atoms with Crippen molar-refractivity contribution in [2.75, 3.05) is 0 Å². The standard InChI is InChI=1S/C8H2FIN2/c1-12-7-3-6(10)2-5(4-11)8(7)9/h2-3H. The molecule has 0 aliphatic rings. The van der Waals surface area contributed by atoms with Gasteiger partial charge in [-0.15, -0.1) is 0 Å². The Hall–Kier alpha value is -1.14. The normalized spacial score (nSPS) is 8.67. The monoisotopic (exact) mass is 272 g/mol. The number of nitriles is 1. The lowest BCUT2D eigenvalue weighted by Crippen LogP contribution is -1.84. The summed E-state index contributed by atoms with van der Waals surface area (Å²) in [5.41, 5.74) is -0.175. The number of hydrogen-bond acceptors (Lipinski definition) is 1. The summed E-state index contributed by atoms with van der Waals surface area (Å²) in [5, 5.41) is 8.47. The van der Waals surface area contributed by atoms with Crippen molar-refractivity contribution in [3.63, 3.8) is 0 Å². The molecule has 2 nitrogen and oxygen atoms in total. The molecule has 0 aliphatic heterocycles. The molecule has 0 saturated carbocycles. The van der Waals surface area contributed by atoms with Gasteiger partial charge in [0.15, 0.2) is 0 Å². The molecule has 0 N–H and O–H groups in total. The first-order valence-electron chi connectivity index (χ1n) is 2.95. The summed E-state index contributed by atoms with van der Waals surface area (Å²) < 4.78 is 13.7. The maximum atomic E-state index is 13.0. The van der Waals surface area contributed by atoms with Crippen LogP contribution in [0.3, 0.4) is 0 Å². The highest BCUT2D eigenvalue weighted by atomic mass is 127. The molecule has 0 atom stereocenters. The van der Waals surface area contributed by atoms with Crippen LogP contribution in [0.4, 0.5) is 10.1 Å². The summed E-state index contributed by atoms with van der Waals surface area (Å²) in [5.74, 6) is -0.729. The van der Waals surface area contributed by atoms with Gasteiger partial charge in [0.2, 0.25) is 5.69 Å². The molecule has 0 unspecified atom stereocenters. The first-order chi connectivity index (χ1) is 5.69. The van der Waals surface area contributed by atoms with E-state index in [-0.39, 0.29) is 11.3 Å². The van der Waals surface area contributed by atoms with Gasteiger partial charge in [0, 0.05) is 3.57 Å². The first-order valence-corrected chi connectivity index (χ1v) is 4.03. The molecule has 0 saturated heterocycles. The predicted molar refractivity (Wildman–Crippen MR) is 50.1 cm³/mol. The third-order valence-corrected chi connectivity index (χ3v) is 1.88. The van der Waals surface area contributed by atoms with Gasteiger partial charge in [0.05, 0.1) is 12.1 Å². The summed E-state index contributed by atoms with van der Waals surface area (Å²) in [6.45, 7) is 6.63. The molecule has 0 heterocycles. The van der Waals surface area contributed by atoms with Crippen molar-refractivity contribution in [3.05, 3.63) is 38.5 Å². The fourth-order valence-corrected chi connectivity index (χ4v) is 1.34. The summed E-state index contributed by atoms with van der Waals surface area (Å²) in [7, 11) is 0. The SMILES string of the molecule is [C-]#[N+]c1cc(I)cc(C#N)c1F. The molecule has 0 amide bonds. The van der Waals surface area contributed by atoms with Gasteiger partial charge in [-0.1, -0.05) is 0 Å². The van der Waals surface area contributed by atoms with Crippen molar-refractivity contribution >= 4 is 28.3 Å². The van der Waals surface area contributed by atoms with Gasteiger partial charge in [-0.2, -0.15) is 5.26 Å². The molecule has 0 radical (unpaired) electrons. The van der Waals surface area contributed by atoms with Gasteiger partial charge < -0.3 is 0 Å². The lowest BCUT2D eigenvalue weighted by atomic mass is 10.2. The number of hydrogen-bond donors (Lipinski definition) is 0. The van der Waals surface area contributed by atoms with Crippen LogP contribution < -0.4 is 0 Å². The highest BCUT2D eigenvalue weighted by Crippen LogP contribution is 2.23. The highest BCUT2D eigenvalue weighted by Gasteiger charge is 2.08. The zero-order valence-electron chi connectivity index (χ0n) is 5.81. The Morgan fingerprint density at radius 2 is 2.25 bits per heavy atom. The fraction of sp³-hybridized carbons (Fsp3) is 0. The van der Waals surface area contributed by atoms with Crippen molar-refractivity contribution in [2.45, 2.75) is 0 Å². The second kappa shape index (κ2) is 3.51. The first kappa shape index (κ1) is 8.95. The zero-order valence-corrected chi connectivity index (χ0v) is 7.96. The molecule has 58 valence electrons. The van der Waals surface area contributed by atoms with Gasteiger partial charge in [-0.25, -0.2) is 9.24 Å². The Morgan fingerprint density at radius 1 is 1.58 bits per heavy atom. The van der Waals surface area contributed by atoms with E-state index in [4.69, 9.17) is 11.8 Å². The second-order valence-electron chi connectivity index (χ2n) is 2.01. The van der Waals surface area contributed by atoms with Crippen LogP contribution in [0.5, 0.6) is 0 Å². The molecular formula is C8H2FIN2. The molecule has 0 spiro atoms. The van der Waals surface area contributed by atoms with Crippen LogP contribution in [0.1, 0.15) is 5.56 Å². The molecule has 0 fully saturated rings. The van der Waals surface area contributed by atoms with Crippen LogP contribution in [0.2, 0.25) is 0 Å². The summed E-state index contributed by atoms with van der Waals surface area (Å²) in [4.78, 5) is 2.96. The average molecular weight is 272 g/mol. The van der Waals surface area contributed by atoms with Gasteiger partial charge in [-0.3, -0.25) is 0 Å². The molecule has 4 heteroatoms. The molecular weight excluding hydrogens is 270 g/mol. The van der Waals surface area contributed by atoms with Crippen LogP contribution in [0, 0.1) is 27.3 Å². The highest BCUT2D eigenvalue weighted by molar-refractivity contribution is 14.1. The van der Waals surface area contributed by atoms with Crippen molar-refractivity contribution in [2.24, 2.45) is 0 Å². The van der Waals surface area contributed by atoms with E-state index in [1.165, 1.54) is 12.1 Å². The zero-order chi connectivity index (χ0) is 9.14. The summed E-state index contributed by atoms with van der Waals surface area (Å²) >= 11 is 1.93. The molecule has 1 rings (SSSR count). The van der Waals surface area contributed by atoms with E-state index >= 15 is 0 Å². The minimum absolute atomic E-state index is 0.0760. The van der Waals surface area contributed by atoms with Gasteiger partial charge in [0.25, 0.3) is 0 Å². The molecule has 1 aromatic rings. The Kier molecular flexibility index (Phi) is 2.61. The topological polar surface area (TPSA) is 28.1 Å². The minimum Gasteiger partial charge on any atom is -0.235 e. The van der Waals surface area contributed by atoms with E-state index in [1.54, 1.807) is 6.07 Å². The third-order valence-electron chi connectivity index (χ3n) is 1.26. The van der Waals surface area contributed by atoms with Crippen molar-refractivity contribution in [1.29, 1.82) is 5.26 Å². The summed E-state index contributed by atoms with van der Waals surface area (Å²) in [6.07, 6.45) is 0. The van der Waals surface area contributed by atoms with Gasteiger partial charge in [-0.05, 0) is 34.7 Å². The van der Waals surface area contributed by atoms with E-state index in [2.05, 4.69) is 4.85 Å². The number of nitrogens with zero attached hydrogens (tertiary/aromatic N) is 2. The molecule has 0 aliphatic carbocycles. The third kappa shape index (κ3) is 1.54. The van der Waals surface area contributed by atoms with E-state index in [0.717, 1.165) is 0 Å². The lowest BCUT2D eigenvalue weighted by molar-refractivity contribution is 0.629. The number of rotatable bonds is 0. The van der Waals surface area contributed by atoms with Crippen molar-refractivity contribution in [1.82, 2.24) is 0 Å². The Bertz CT molecular complexity index is 365. The van der Waals surface area contributed by atoms with Gasteiger partial charge in [0.1, 0.15) is 11.9 Å². The number of benzene rings is 1. The maximum absolute atomic E-state index is 13.0. The second-order valence-corrected chi connectivity index (χ2v) is 3.26. The van der Waals surface area contributed by atoms with Crippen molar-refractivity contribution < 1.29 is 4.39 Å². The average Bonchev–Trinajstić information content (AvgIpc) is 2.08. The Labute approximate surface area is 82.6 Å². The van der Waals surface area contributed by atoms with E-state index in [0.29, 0.717) is 3.57 Å². The van der Waals surface area contributed by atoms with Crippen LogP contribution in [0.15, 0.2) is 12.1 Å². The minimum atomic E-state index is -0.729. The molecule has 0 aromatic heterocycles. The van der Waals surface area contributed by atoms with E-state index in [9.17, 15) is 4.39 Å². The molecule has 0 bridgehead atoms. The van der Waals surface area contributed by atoms with Crippen LogP contribution in [0.25, 0.3) is 4.85 Å². The largest absolute Gasteiger partial charge is 0.235 e. The van der Waals surface area contributed by atoms with Crippen LogP contribution in [-0.2, 0) is 0 Å². The Morgan fingerprint density at radius 3 is 2.75 bits per heavy atom. The van der Waals surface area contributed by atoms with Crippen LogP contribution >= 0.6 is 22.6 Å². The quantitative estimate of drug-likeness (QED) is 0.527. The molecule has 12 heavy (non-hydrogen) atoms. The maximum Gasteiger partial charge on any atom is 0.224 e. The smallest absolute Gasteiger partial charge is 0.224 e. The Balaban J connectivity index is 3.48. The lowest BCUT2D eigenvalue weighted by Gasteiger charge is -1.96. The van der Waals surface area contributed by atoms with Gasteiger partial charge >= 0.3 is 0 Å². The predicted octanol–water partition coefficient (Wildman–Crippen LogP) is 2.85. The van der Waals surface area contributed by atoms with E-state index in [1.807, 2.05) is 22.6 Å². The van der Waals surface area contributed by atoms with E-state index < -0.39 is 5.82 Å². The number of halogens is 2. The van der Waals surface area contributed by atoms with Crippen LogP contribution in [-0.4, -0.2) is 0 Å². The van der Waals surface area contributed by atoms with Crippen molar-refractivity contribution in [3.8, 4) is 6.07 Å². The molecule has 1 aromatic carbocycles.